The standard InChI is InChI=1S/C29H38N2O5S/c1-5-15-30(24-19(3)11-10-12-20(24)4)27(34)25-29-14-13-21(37-29)22(28(35)36-18-6-2)23(29)26(33)31(25)16-8-7-9-17-32/h5-6,10-12,21-23,25,32H,1-2,7-9,13-18H2,3-4H3/t21-,22+,23+,25?,29?/m1/s1. The molecule has 4 rings (SSSR count). The normalized spacial score (nSPS) is 27.8. The number of para-hydroxylation sites is 1. The van der Waals surface area contributed by atoms with Gasteiger partial charge in [-0.2, -0.15) is 0 Å². The number of rotatable bonds is 12. The Labute approximate surface area is 223 Å². The number of esters is 1. The molecule has 3 aliphatic heterocycles. The SMILES string of the molecule is C=CCOC(=O)[C@@H]1[C@H]2C(=O)N(CCCCCO)C(C(=O)N(CC=C)c3c(C)cccc3C)C23CC[C@H]1S3. The van der Waals surface area contributed by atoms with Gasteiger partial charge in [-0.05, 0) is 57.1 Å². The van der Waals surface area contributed by atoms with Crippen molar-refractivity contribution in [2.75, 3.05) is 31.2 Å². The van der Waals surface area contributed by atoms with Crippen LogP contribution in [-0.4, -0.2) is 70.1 Å². The van der Waals surface area contributed by atoms with E-state index < -0.39 is 22.6 Å². The Hall–Kier alpha value is -2.58. The van der Waals surface area contributed by atoms with Crippen molar-refractivity contribution in [1.82, 2.24) is 4.90 Å². The number of aryl methyl sites for hydroxylation is 2. The van der Waals surface area contributed by atoms with E-state index in [4.69, 9.17) is 4.74 Å². The zero-order valence-corrected chi connectivity index (χ0v) is 22.7. The van der Waals surface area contributed by atoms with Crippen LogP contribution in [0.1, 0.15) is 43.2 Å². The molecular formula is C29H38N2O5S. The first kappa shape index (κ1) is 27.5. The molecule has 2 unspecified atom stereocenters. The molecule has 3 fully saturated rings. The minimum Gasteiger partial charge on any atom is -0.461 e. The lowest BCUT2D eigenvalue weighted by molar-refractivity contribution is -0.153. The number of likely N-dealkylation sites (tertiary alicyclic amines) is 1. The second-order valence-corrected chi connectivity index (χ2v) is 11.9. The Morgan fingerprint density at radius 1 is 1.22 bits per heavy atom. The summed E-state index contributed by atoms with van der Waals surface area (Å²) in [4.78, 5) is 45.2. The van der Waals surface area contributed by atoms with E-state index >= 15 is 0 Å². The summed E-state index contributed by atoms with van der Waals surface area (Å²) in [6, 6.07) is 5.27. The van der Waals surface area contributed by atoms with Crippen LogP contribution in [0.2, 0.25) is 0 Å². The summed E-state index contributed by atoms with van der Waals surface area (Å²) in [5.41, 5.74) is 2.81. The summed E-state index contributed by atoms with van der Waals surface area (Å²) < 4.78 is 4.77. The quantitative estimate of drug-likeness (QED) is 0.253. The number of fused-ring (bicyclic) bond motifs is 1. The molecule has 1 spiro atoms. The lowest BCUT2D eigenvalue weighted by Crippen LogP contribution is -2.55. The Balaban J connectivity index is 1.75. The highest BCUT2D eigenvalue weighted by atomic mass is 32.2. The van der Waals surface area contributed by atoms with E-state index in [9.17, 15) is 19.5 Å². The fraction of sp³-hybridized carbons (Fsp3) is 0.552. The molecule has 2 amide bonds. The molecule has 0 aromatic heterocycles. The maximum absolute atomic E-state index is 14.6. The molecule has 7 nitrogen and oxygen atoms in total. The molecule has 1 N–H and O–H groups in total. The smallest absolute Gasteiger partial charge is 0.311 e. The summed E-state index contributed by atoms with van der Waals surface area (Å²) in [6.45, 7) is 12.4. The Morgan fingerprint density at radius 2 is 1.95 bits per heavy atom. The molecule has 3 heterocycles. The molecule has 1 aromatic rings. The average Bonchev–Trinajstić information content (AvgIpc) is 3.51. The van der Waals surface area contributed by atoms with Crippen LogP contribution < -0.4 is 4.90 Å². The van der Waals surface area contributed by atoms with E-state index in [1.807, 2.05) is 32.0 Å². The van der Waals surface area contributed by atoms with E-state index in [1.165, 1.54) is 6.08 Å². The van der Waals surface area contributed by atoms with Crippen LogP contribution in [0.3, 0.4) is 0 Å². The fourth-order valence-electron chi connectivity index (χ4n) is 6.55. The van der Waals surface area contributed by atoms with Crippen molar-refractivity contribution in [1.29, 1.82) is 0 Å². The number of carbonyl (C=O) groups excluding carboxylic acids is 3. The van der Waals surface area contributed by atoms with Crippen LogP contribution in [0.4, 0.5) is 5.69 Å². The highest BCUT2D eigenvalue weighted by Gasteiger charge is 2.74. The van der Waals surface area contributed by atoms with Crippen molar-refractivity contribution < 1.29 is 24.2 Å². The summed E-state index contributed by atoms with van der Waals surface area (Å²) in [5, 5.41) is 9.19. The molecule has 0 saturated carbocycles. The number of hydrogen-bond acceptors (Lipinski definition) is 6. The summed E-state index contributed by atoms with van der Waals surface area (Å²) in [6.07, 6.45) is 6.82. The third-order valence-electron chi connectivity index (χ3n) is 7.99. The number of carbonyl (C=O) groups is 3. The van der Waals surface area contributed by atoms with Crippen molar-refractivity contribution in [3.63, 3.8) is 0 Å². The number of amides is 2. The van der Waals surface area contributed by atoms with Gasteiger partial charge in [0, 0.05) is 30.6 Å². The number of nitrogens with zero attached hydrogens (tertiary/aromatic N) is 2. The van der Waals surface area contributed by atoms with Crippen LogP contribution in [0.5, 0.6) is 0 Å². The van der Waals surface area contributed by atoms with E-state index in [2.05, 4.69) is 13.2 Å². The zero-order valence-electron chi connectivity index (χ0n) is 21.9. The monoisotopic (exact) mass is 526 g/mol. The molecule has 0 aliphatic carbocycles. The van der Waals surface area contributed by atoms with Gasteiger partial charge in [0.15, 0.2) is 0 Å². The highest BCUT2D eigenvalue weighted by molar-refractivity contribution is 8.02. The van der Waals surface area contributed by atoms with Crippen molar-refractivity contribution >= 4 is 35.2 Å². The number of aliphatic hydroxyl groups excluding tert-OH is 1. The molecule has 2 bridgehead atoms. The van der Waals surface area contributed by atoms with Crippen LogP contribution in [0.25, 0.3) is 0 Å². The second kappa shape index (κ2) is 11.4. The number of aliphatic hydroxyl groups is 1. The van der Waals surface area contributed by atoms with Gasteiger partial charge in [-0.25, -0.2) is 0 Å². The molecule has 37 heavy (non-hydrogen) atoms. The second-order valence-electron chi connectivity index (χ2n) is 10.3. The van der Waals surface area contributed by atoms with E-state index in [1.54, 1.807) is 27.6 Å². The van der Waals surface area contributed by atoms with Gasteiger partial charge in [0.1, 0.15) is 12.6 Å². The van der Waals surface area contributed by atoms with Crippen LogP contribution in [0, 0.1) is 25.7 Å². The number of thioether (sulfide) groups is 1. The van der Waals surface area contributed by atoms with Crippen molar-refractivity contribution in [2.24, 2.45) is 11.8 Å². The van der Waals surface area contributed by atoms with Gasteiger partial charge in [-0.3, -0.25) is 14.4 Å². The Morgan fingerprint density at radius 3 is 2.59 bits per heavy atom. The molecule has 8 heteroatoms. The molecule has 200 valence electrons. The molecule has 5 atom stereocenters. The lowest BCUT2D eigenvalue weighted by Gasteiger charge is -2.38. The van der Waals surface area contributed by atoms with Crippen LogP contribution in [-0.2, 0) is 19.1 Å². The fourth-order valence-corrected chi connectivity index (χ4v) is 8.75. The predicted octanol–water partition coefficient (Wildman–Crippen LogP) is 3.81. The van der Waals surface area contributed by atoms with Crippen molar-refractivity contribution in [2.45, 2.75) is 62.0 Å². The van der Waals surface area contributed by atoms with Gasteiger partial charge in [-0.15, -0.1) is 18.3 Å². The first-order valence-electron chi connectivity index (χ1n) is 13.2. The van der Waals surface area contributed by atoms with Gasteiger partial charge in [0.05, 0.1) is 16.6 Å². The van der Waals surface area contributed by atoms with Gasteiger partial charge in [0.25, 0.3) is 5.91 Å². The minimum atomic E-state index is -0.676. The maximum atomic E-state index is 14.6. The largest absolute Gasteiger partial charge is 0.461 e. The molecule has 3 aliphatic rings. The summed E-state index contributed by atoms with van der Waals surface area (Å²) in [5.74, 6) is -1.76. The summed E-state index contributed by atoms with van der Waals surface area (Å²) in [7, 11) is 0. The van der Waals surface area contributed by atoms with Gasteiger partial charge in [0.2, 0.25) is 5.91 Å². The molecular weight excluding hydrogens is 488 g/mol. The first-order chi connectivity index (χ1) is 17.8. The number of unbranched alkanes of at least 4 members (excludes halogenated alkanes) is 2. The van der Waals surface area contributed by atoms with Gasteiger partial charge >= 0.3 is 5.97 Å². The van der Waals surface area contributed by atoms with E-state index in [-0.39, 0.29) is 36.2 Å². The number of benzene rings is 1. The van der Waals surface area contributed by atoms with E-state index in [0.29, 0.717) is 32.4 Å². The molecule has 1 aromatic carbocycles. The Bertz CT molecular complexity index is 1050. The molecule has 3 saturated heterocycles. The van der Waals surface area contributed by atoms with Gasteiger partial charge < -0.3 is 19.6 Å². The third kappa shape index (κ3) is 4.74. The highest BCUT2D eigenvalue weighted by Crippen LogP contribution is 2.66. The van der Waals surface area contributed by atoms with E-state index in [0.717, 1.165) is 29.7 Å². The lowest BCUT2D eigenvalue weighted by atomic mass is 9.71. The topological polar surface area (TPSA) is 87.1 Å². The number of hydrogen-bond donors (Lipinski definition) is 1. The number of anilines is 1. The average molecular weight is 527 g/mol. The minimum absolute atomic E-state index is 0.0360. The van der Waals surface area contributed by atoms with Crippen molar-refractivity contribution in [3.8, 4) is 0 Å². The predicted molar refractivity (Wildman–Crippen MR) is 146 cm³/mol. The van der Waals surface area contributed by atoms with Crippen molar-refractivity contribution in [3.05, 3.63) is 54.6 Å². The molecule has 0 radical (unpaired) electrons. The third-order valence-corrected chi connectivity index (χ3v) is 9.95. The Kier molecular flexibility index (Phi) is 8.49. The first-order valence-corrected chi connectivity index (χ1v) is 14.1. The zero-order chi connectivity index (χ0) is 26.7. The van der Waals surface area contributed by atoms with Crippen LogP contribution in [0.15, 0.2) is 43.5 Å². The van der Waals surface area contributed by atoms with Crippen LogP contribution >= 0.6 is 11.8 Å². The maximum Gasteiger partial charge on any atom is 0.311 e. The summed E-state index contributed by atoms with van der Waals surface area (Å²) >= 11 is 1.64. The van der Waals surface area contributed by atoms with Gasteiger partial charge in [-0.1, -0.05) is 36.9 Å². The number of ether oxygens (including phenoxy) is 1.